The number of rotatable bonds is 8. The number of sulfonamides is 1. The molecule has 0 bridgehead atoms. The maximum absolute atomic E-state index is 12.9. The Bertz CT molecular complexity index is 1160. The van der Waals surface area contributed by atoms with Gasteiger partial charge in [-0.05, 0) is 38.5 Å². The second kappa shape index (κ2) is 9.30. The quantitative estimate of drug-likeness (QED) is 0.574. The van der Waals surface area contributed by atoms with E-state index in [1.165, 1.54) is 0 Å². The standard InChI is InChI=1S/C22H26N4O4S/c1-5-19(26(31(4,28)29)18-11-9-15(2)10-12-18)22(27)23-14-20-24-21(25-30-20)17-8-6-7-16(3)13-17/h6-13,19H,5,14H2,1-4H3,(H,23,27). The van der Waals surface area contributed by atoms with E-state index in [0.29, 0.717) is 17.9 Å². The summed E-state index contributed by atoms with van der Waals surface area (Å²) < 4.78 is 31.4. The molecule has 3 aromatic rings. The Balaban J connectivity index is 1.75. The molecule has 1 N–H and O–H groups in total. The van der Waals surface area contributed by atoms with Crippen LogP contribution in [-0.2, 0) is 21.4 Å². The number of aryl methyl sites for hydroxylation is 2. The molecule has 2 aromatic carbocycles. The van der Waals surface area contributed by atoms with E-state index in [9.17, 15) is 13.2 Å². The Hall–Kier alpha value is -3.20. The maximum Gasteiger partial charge on any atom is 0.246 e. The third-order valence-electron chi connectivity index (χ3n) is 4.78. The highest BCUT2D eigenvalue weighted by atomic mass is 32.2. The van der Waals surface area contributed by atoms with Crippen molar-refractivity contribution >= 4 is 21.6 Å². The van der Waals surface area contributed by atoms with E-state index in [1.807, 2.05) is 50.2 Å². The molecule has 8 nitrogen and oxygen atoms in total. The van der Waals surface area contributed by atoms with Crippen LogP contribution < -0.4 is 9.62 Å². The van der Waals surface area contributed by atoms with E-state index in [4.69, 9.17) is 4.52 Å². The fourth-order valence-corrected chi connectivity index (χ4v) is 4.47. The van der Waals surface area contributed by atoms with Crippen LogP contribution in [0, 0.1) is 13.8 Å². The highest BCUT2D eigenvalue weighted by Gasteiger charge is 2.31. The van der Waals surface area contributed by atoms with Crippen LogP contribution in [0.2, 0.25) is 0 Å². The molecule has 1 unspecified atom stereocenters. The summed E-state index contributed by atoms with van der Waals surface area (Å²) in [6.45, 7) is 5.64. The number of hydrogen-bond donors (Lipinski definition) is 1. The lowest BCUT2D eigenvalue weighted by molar-refractivity contribution is -0.122. The van der Waals surface area contributed by atoms with Crippen molar-refractivity contribution < 1.29 is 17.7 Å². The van der Waals surface area contributed by atoms with Crippen LogP contribution in [0.15, 0.2) is 53.1 Å². The van der Waals surface area contributed by atoms with E-state index < -0.39 is 22.0 Å². The topological polar surface area (TPSA) is 105 Å². The Kier molecular flexibility index (Phi) is 6.74. The molecule has 1 heterocycles. The first kappa shape index (κ1) is 22.5. The van der Waals surface area contributed by atoms with Gasteiger partial charge in [0.15, 0.2) is 0 Å². The van der Waals surface area contributed by atoms with Crippen LogP contribution in [0.3, 0.4) is 0 Å². The first-order chi connectivity index (χ1) is 14.7. The summed E-state index contributed by atoms with van der Waals surface area (Å²) in [6.07, 6.45) is 1.39. The van der Waals surface area contributed by atoms with Crippen LogP contribution in [0.4, 0.5) is 5.69 Å². The van der Waals surface area contributed by atoms with Gasteiger partial charge < -0.3 is 9.84 Å². The Morgan fingerprint density at radius 1 is 1.13 bits per heavy atom. The lowest BCUT2D eigenvalue weighted by Crippen LogP contribution is -2.49. The van der Waals surface area contributed by atoms with E-state index >= 15 is 0 Å². The molecule has 0 aliphatic carbocycles. The Labute approximate surface area is 182 Å². The van der Waals surface area contributed by atoms with Gasteiger partial charge >= 0.3 is 0 Å². The second-order valence-electron chi connectivity index (χ2n) is 7.42. The predicted molar refractivity (Wildman–Crippen MR) is 119 cm³/mol. The van der Waals surface area contributed by atoms with Crippen molar-refractivity contribution in [1.82, 2.24) is 15.5 Å². The minimum atomic E-state index is -3.69. The fraction of sp³-hybridized carbons (Fsp3) is 0.318. The van der Waals surface area contributed by atoms with E-state index in [2.05, 4.69) is 15.5 Å². The van der Waals surface area contributed by atoms with E-state index in [0.717, 1.165) is 27.3 Å². The van der Waals surface area contributed by atoms with Gasteiger partial charge in [-0.3, -0.25) is 9.10 Å². The monoisotopic (exact) mass is 442 g/mol. The molecule has 1 aromatic heterocycles. The second-order valence-corrected chi connectivity index (χ2v) is 9.28. The molecular weight excluding hydrogens is 416 g/mol. The van der Waals surface area contributed by atoms with Gasteiger partial charge in [0, 0.05) is 5.56 Å². The zero-order chi connectivity index (χ0) is 22.6. The van der Waals surface area contributed by atoms with Crippen LogP contribution in [0.1, 0.15) is 30.4 Å². The van der Waals surface area contributed by atoms with Crippen molar-refractivity contribution in [2.45, 2.75) is 39.8 Å². The van der Waals surface area contributed by atoms with Gasteiger partial charge in [-0.1, -0.05) is 53.5 Å². The van der Waals surface area contributed by atoms with Gasteiger partial charge in [0.05, 0.1) is 18.5 Å². The SMILES string of the molecule is CCC(C(=O)NCc1nc(-c2cccc(C)c2)no1)N(c1ccc(C)cc1)S(C)(=O)=O. The van der Waals surface area contributed by atoms with Crippen molar-refractivity contribution in [2.75, 3.05) is 10.6 Å². The lowest BCUT2D eigenvalue weighted by atomic mass is 10.1. The van der Waals surface area contributed by atoms with Crippen LogP contribution >= 0.6 is 0 Å². The Morgan fingerprint density at radius 3 is 2.45 bits per heavy atom. The van der Waals surface area contributed by atoms with Crippen LogP contribution in [0.25, 0.3) is 11.4 Å². The van der Waals surface area contributed by atoms with E-state index in [-0.39, 0.29) is 12.4 Å². The number of nitrogens with one attached hydrogen (secondary N) is 1. The van der Waals surface area contributed by atoms with E-state index in [1.54, 1.807) is 19.1 Å². The lowest BCUT2D eigenvalue weighted by Gasteiger charge is -2.30. The summed E-state index contributed by atoms with van der Waals surface area (Å²) in [6, 6.07) is 13.8. The molecule has 0 aliphatic heterocycles. The van der Waals surface area contributed by atoms with Gasteiger partial charge in [-0.2, -0.15) is 4.98 Å². The smallest absolute Gasteiger partial charge is 0.246 e. The summed E-state index contributed by atoms with van der Waals surface area (Å²) in [5.41, 5.74) is 3.32. The van der Waals surface area contributed by atoms with Crippen molar-refractivity contribution in [1.29, 1.82) is 0 Å². The molecule has 31 heavy (non-hydrogen) atoms. The third-order valence-corrected chi connectivity index (χ3v) is 5.96. The molecule has 0 saturated heterocycles. The normalized spacial score (nSPS) is 12.4. The molecular formula is C22H26N4O4S. The molecule has 0 radical (unpaired) electrons. The molecule has 9 heteroatoms. The summed E-state index contributed by atoms with van der Waals surface area (Å²) >= 11 is 0. The number of hydrogen-bond acceptors (Lipinski definition) is 6. The number of aromatic nitrogens is 2. The van der Waals surface area contributed by atoms with Gasteiger partial charge in [0.25, 0.3) is 0 Å². The summed E-state index contributed by atoms with van der Waals surface area (Å²) in [4.78, 5) is 17.2. The number of benzene rings is 2. The number of carbonyl (C=O) groups is 1. The third kappa shape index (κ3) is 5.49. The van der Waals surface area contributed by atoms with Crippen molar-refractivity contribution in [3.8, 4) is 11.4 Å². The average molecular weight is 443 g/mol. The minimum absolute atomic E-state index is 0.000348. The molecule has 0 spiro atoms. The predicted octanol–water partition coefficient (Wildman–Crippen LogP) is 3.21. The zero-order valence-electron chi connectivity index (χ0n) is 18.0. The molecule has 1 atom stereocenters. The highest BCUT2D eigenvalue weighted by Crippen LogP contribution is 2.23. The molecule has 0 aliphatic rings. The van der Waals surface area contributed by atoms with Gasteiger partial charge in [0.2, 0.25) is 27.6 Å². The summed E-state index contributed by atoms with van der Waals surface area (Å²) in [5, 5.41) is 6.68. The first-order valence-corrected chi connectivity index (χ1v) is 11.8. The average Bonchev–Trinajstić information content (AvgIpc) is 3.19. The van der Waals surface area contributed by atoms with Crippen molar-refractivity contribution in [2.24, 2.45) is 0 Å². The van der Waals surface area contributed by atoms with Gasteiger partial charge in [0.1, 0.15) is 6.04 Å². The number of amides is 1. The molecule has 0 saturated carbocycles. The van der Waals surface area contributed by atoms with Crippen molar-refractivity contribution in [3.63, 3.8) is 0 Å². The molecule has 3 rings (SSSR count). The minimum Gasteiger partial charge on any atom is -0.345 e. The number of anilines is 1. The maximum atomic E-state index is 12.9. The van der Waals surface area contributed by atoms with Gasteiger partial charge in [-0.25, -0.2) is 8.42 Å². The largest absolute Gasteiger partial charge is 0.345 e. The number of carbonyl (C=O) groups excluding carboxylic acids is 1. The fourth-order valence-electron chi connectivity index (χ4n) is 3.26. The molecule has 0 fully saturated rings. The van der Waals surface area contributed by atoms with Crippen LogP contribution in [0.5, 0.6) is 0 Å². The molecule has 164 valence electrons. The first-order valence-electron chi connectivity index (χ1n) is 9.92. The summed E-state index contributed by atoms with van der Waals surface area (Å²) in [7, 11) is -3.69. The molecule has 1 amide bonds. The van der Waals surface area contributed by atoms with Gasteiger partial charge in [-0.15, -0.1) is 0 Å². The number of nitrogens with zero attached hydrogens (tertiary/aromatic N) is 3. The van der Waals surface area contributed by atoms with Crippen molar-refractivity contribution in [3.05, 3.63) is 65.5 Å². The summed E-state index contributed by atoms with van der Waals surface area (Å²) in [5.74, 6) is 0.224. The highest BCUT2D eigenvalue weighted by molar-refractivity contribution is 7.92. The zero-order valence-corrected chi connectivity index (χ0v) is 18.8. The Morgan fingerprint density at radius 2 is 1.84 bits per heavy atom. The van der Waals surface area contributed by atoms with Crippen LogP contribution in [-0.4, -0.2) is 36.8 Å².